The van der Waals surface area contributed by atoms with Crippen LogP contribution in [0.3, 0.4) is 0 Å². The molecule has 1 saturated heterocycles. The number of sulfonamides is 1. The second-order valence-electron chi connectivity index (χ2n) is 6.06. The third kappa shape index (κ3) is 4.09. The van der Waals surface area contributed by atoms with Gasteiger partial charge in [-0.2, -0.15) is 4.31 Å². The number of aromatic nitrogens is 1. The van der Waals surface area contributed by atoms with E-state index in [4.69, 9.17) is 0 Å². The van der Waals surface area contributed by atoms with Crippen LogP contribution in [0.1, 0.15) is 17.3 Å². The van der Waals surface area contributed by atoms with Crippen LogP contribution in [0.5, 0.6) is 0 Å². The largest absolute Gasteiger partial charge is 0.322 e. The van der Waals surface area contributed by atoms with Crippen LogP contribution in [0.15, 0.2) is 53.7 Å². The van der Waals surface area contributed by atoms with E-state index in [2.05, 4.69) is 22.1 Å². The lowest BCUT2D eigenvalue weighted by Gasteiger charge is -2.33. The van der Waals surface area contributed by atoms with Gasteiger partial charge in [-0.1, -0.05) is 13.0 Å². The van der Waals surface area contributed by atoms with Crippen molar-refractivity contribution in [1.82, 2.24) is 14.2 Å². The van der Waals surface area contributed by atoms with Crippen molar-refractivity contribution in [2.75, 3.05) is 38.0 Å². The third-order valence-corrected chi connectivity index (χ3v) is 6.35. The van der Waals surface area contributed by atoms with E-state index >= 15 is 0 Å². The van der Waals surface area contributed by atoms with Crippen molar-refractivity contribution in [3.63, 3.8) is 0 Å². The number of rotatable bonds is 5. The highest BCUT2D eigenvalue weighted by atomic mass is 32.2. The first-order chi connectivity index (χ1) is 12.5. The lowest BCUT2D eigenvalue weighted by molar-refractivity contribution is 0.102. The summed E-state index contributed by atoms with van der Waals surface area (Å²) in [6, 6.07) is 9.57. The molecule has 0 bridgehead atoms. The topological polar surface area (TPSA) is 82.6 Å². The van der Waals surface area contributed by atoms with Gasteiger partial charge in [-0.3, -0.25) is 9.78 Å². The standard InChI is InChI=1S/C18H22N4O3S/c1-2-21-10-12-22(13-11-21)26(24,25)17-5-3-4-16(14-17)20-18(23)15-6-8-19-9-7-15/h3-9,14H,2,10-13H2,1H3,(H,20,23). The Balaban J connectivity index is 1.75. The summed E-state index contributed by atoms with van der Waals surface area (Å²) in [5.41, 5.74) is 0.907. The first-order valence-corrected chi connectivity index (χ1v) is 9.98. The van der Waals surface area contributed by atoms with Crippen molar-refractivity contribution < 1.29 is 13.2 Å². The Labute approximate surface area is 153 Å². The molecular weight excluding hydrogens is 352 g/mol. The maximum absolute atomic E-state index is 12.9. The van der Waals surface area contributed by atoms with Gasteiger partial charge in [-0.15, -0.1) is 0 Å². The Morgan fingerprint density at radius 2 is 1.81 bits per heavy atom. The first kappa shape index (κ1) is 18.5. The molecule has 0 atom stereocenters. The number of piperazine rings is 1. The molecule has 1 aromatic carbocycles. The van der Waals surface area contributed by atoms with Crippen LogP contribution in [0, 0.1) is 0 Å². The number of nitrogens with one attached hydrogen (secondary N) is 1. The van der Waals surface area contributed by atoms with Crippen molar-refractivity contribution in [3.8, 4) is 0 Å². The summed E-state index contributed by atoms with van der Waals surface area (Å²) < 4.78 is 27.3. The summed E-state index contributed by atoms with van der Waals surface area (Å²) >= 11 is 0. The van der Waals surface area contributed by atoms with Crippen LogP contribution < -0.4 is 5.32 Å². The Morgan fingerprint density at radius 1 is 1.12 bits per heavy atom. The summed E-state index contributed by atoms with van der Waals surface area (Å²) in [4.78, 5) is 18.5. The molecule has 8 heteroatoms. The van der Waals surface area contributed by atoms with E-state index in [-0.39, 0.29) is 10.8 Å². The van der Waals surface area contributed by atoms with E-state index in [0.717, 1.165) is 19.6 Å². The third-order valence-electron chi connectivity index (χ3n) is 4.45. The number of carbonyl (C=O) groups excluding carboxylic acids is 1. The molecule has 0 spiro atoms. The first-order valence-electron chi connectivity index (χ1n) is 8.54. The van der Waals surface area contributed by atoms with E-state index in [1.165, 1.54) is 22.8 Å². The van der Waals surface area contributed by atoms with Gasteiger partial charge in [0.25, 0.3) is 5.91 Å². The highest BCUT2D eigenvalue weighted by Crippen LogP contribution is 2.21. The van der Waals surface area contributed by atoms with Gasteiger partial charge in [0, 0.05) is 49.8 Å². The fourth-order valence-electron chi connectivity index (χ4n) is 2.88. The molecule has 0 unspecified atom stereocenters. The van der Waals surface area contributed by atoms with Crippen molar-refractivity contribution in [1.29, 1.82) is 0 Å². The van der Waals surface area contributed by atoms with E-state index in [1.807, 2.05) is 0 Å². The van der Waals surface area contributed by atoms with Crippen molar-refractivity contribution in [2.24, 2.45) is 0 Å². The fraction of sp³-hybridized carbons (Fsp3) is 0.333. The van der Waals surface area contributed by atoms with E-state index in [0.29, 0.717) is 24.3 Å². The summed E-state index contributed by atoms with van der Waals surface area (Å²) in [5, 5.41) is 2.73. The number of nitrogens with zero attached hydrogens (tertiary/aromatic N) is 3. The summed E-state index contributed by atoms with van der Waals surface area (Å²) in [6.45, 7) is 5.40. The Bertz CT molecular complexity index is 863. The van der Waals surface area contributed by atoms with Crippen LogP contribution in [-0.2, 0) is 10.0 Å². The minimum absolute atomic E-state index is 0.190. The van der Waals surface area contributed by atoms with Gasteiger partial charge in [0.15, 0.2) is 0 Å². The molecule has 1 amide bonds. The minimum atomic E-state index is -3.57. The quantitative estimate of drug-likeness (QED) is 0.861. The molecule has 138 valence electrons. The molecule has 0 aliphatic carbocycles. The van der Waals surface area contributed by atoms with Crippen LogP contribution in [0.4, 0.5) is 5.69 Å². The zero-order valence-corrected chi connectivity index (χ0v) is 15.4. The van der Waals surface area contributed by atoms with E-state index in [9.17, 15) is 13.2 Å². The number of anilines is 1. The number of carbonyl (C=O) groups is 1. The number of hydrogen-bond acceptors (Lipinski definition) is 5. The highest BCUT2D eigenvalue weighted by Gasteiger charge is 2.28. The zero-order chi connectivity index (χ0) is 18.6. The van der Waals surface area contributed by atoms with Crippen molar-refractivity contribution >= 4 is 21.6 Å². The molecule has 0 saturated carbocycles. The monoisotopic (exact) mass is 374 g/mol. The molecule has 26 heavy (non-hydrogen) atoms. The molecule has 1 fully saturated rings. The van der Waals surface area contributed by atoms with Crippen LogP contribution >= 0.6 is 0 Å². The van der Waals surface area contributed by atoms with Crippen LogP contribution in [0.2, 0.25) is 0 Å². The fourth-order valence-corrected chi connectivity index (χ4v) is 4.34. The number of amides is 1. The maximum Gasteiger partial charge on any atom is 0.255 e. The SMILES string of the molecule is CCN1CCN(S(=O)(=O)c2cccc(NC(=O)c3ccncc3)c2)CC1. The molecule has 2 heterocycles. The molecule has 3 rings (SSSR count). The smallest absolute Gasteiger partial charge is 0.255 e. The van der Waals surface area contributed by atoms with Crippen molar-refractivity contribution in [3.05, 3.63) is 54.4 Å². The summed E-state index contributed by atoms with van der Waals surface area (Å²) in [5.74, 6) is -0.307. The van der Waals surface area contributed by atoms with Crippen molar-refractivity contribution in [2.45, 2.75) is 11.8 Å². The second-order valence-corrected chi connectivity index (χ2v) is 7.99. The Kier molecular flexibility index (Phi) is 5.65. The number of benzene rings is 1. The van der Waals surface area contributed by atoms with E-state index < -0.39 is 10.0 Å². The predicted molar refractivity (Wildman–Crippen MR) is 99.5 cm³/mol. The van der Waals surface area contributed by atoms with Gasteiger partial charge in [0.2, 0.25) is 10.0 Å². The average molecular weight is 374 g/mol. The predicted octanol–water partition coefficient (Wildman–Crippen LogP) is 1.66. The lowest BCUT2D eigenvalue weighted by Crippen LogP contribution is -2.48. The normalized spacial score (nSPS) is 16.3. The van der Waals surface area contributed by atoms with Gasteiger partial charge in [-0.25, -0.2) is 8.42 Å². The molecule has 1 aliphatic rings. The van der Waals surface area contributed by atoms with E-state index in [1.54, 1.807) is 30.3 Å². The molecular formula is C18H22N4O3S. The lowest BCUT2D eigenvalue weighted by atomic mass is 10.2. The Hall–Kier alpha value is -2.29. The van der Waals surface area contributed by atoms with Gasteiger partial charge < -0.3 is 10.2 Å². The Morgan fingerprint density at radius 3 is 2.46 bits per heavy atom. The summed E-state index contributed by atoms with van der Waals surface area (Å²) in [6.07, 6.45) is 3.07. The zero-order valence-electron chi connectivity index (χ0n) is 14.6. The number of pyridine rings is 1. The number of likely N-dealkylation sites (N-methyl/N-ethyl adjacent to an activating group) is 1. The second kappa shape index (κ2) is 7.94. The molecule has 0 radical (unpaired) electrons. The molecule has 1 aliphatic heterocycles. The number of hydrogen-bond donors (Lipinski definition) is 1. The molecule has 1 aromatic heterocycles. The molecule has 2 aromatic rings. The average Bonchev–Trinajstić information content (AvgIpc) is 2.69. The van der Waals surface area contributed by atoms with Crippen LogP contribution in [0.25, 0.3) is 0 Å². The van der Waals surface area contributed by atoms with Gasteiger partial charge in [0.05, 0.1) is 4.90 Å². The van der Waals surface area contributed by atoms with Gasteiger partial charge in [0.1, 0.15) is 0 Å². The highest BCUT2D eigenvalue weighted by molar-refractivity contribution is 7.89. The minimum Gasteiger partial charge on any atom is -0.322 e. The molecule has 1 N–H and O–H groups in total. The maximum atomic E-state index is 12.9. The van der Waals surface area contributed by atoms with Gasteiger partial charge >= 0.3 is 0 Å². The van der Waals surface area contributed by atoms with Crippen LogP contribution in [-0.4, -0.2) is 61.2 Å². The van der Waals surface area contributed by atoms with Gasteiger partial charge in [-0.05, 0) is 36.9 Å². The summed E-state index contributed by atoms with van der Waals surface area (Å²) in [7, 11) is -3.57. The molecule has 7 nitrogen and oxygen atoms in total.